The van der Waals surface area contributed by atoms with Crippen molar-refractivity contribution < 1.29 is 23.2 Å². The fraction of sp³-hybridized carbons (Fsp3) is 0.188. The highest BCUT2D eigenvalue weighted by Crippen LogP contribution is 2.27. The third-order valence-electron chi connectivity index (χ3n) is 7.28. The van der Waals surface area contributed by atoms with Crippen molar-refractivity contribution in [3.8, 4) is 0 Å². The van der Waals surface area contributed by atoms with Gasteiger partial charge in [-0.15, -0.1) is 0 Å². The summed E-state index contributed by atoms with van der Waals surface area (Å²) >= 11 is 3.40. The van der Waals surface area contributed by atoms with Crippen molar-refractivity contribution in [3.63, 3.8) is 0 Å². The summed E-state index contributed by atoms with van der Waals surface area (Å²) in [7, 11) is 0. The van der Waals surface area contributed by atoms with Crippen LogP contribution < -0.4 is 10.9 Å². The number of nitrogens with zero attached hydrogens (tertiary/aromatic N) is 1. The Morgan fingerprint density at radius 1 is 0.927 bits per heavy atom. The molecule has 0 aliphatic heterocycles. The highest BCUT2D eigenvalue weighted by molar-refractivity contribution is 9.10. The number of nitrogens with one attached hydrogen (secondary N) is 1. The van der Waals surface area contributed by atoms with Crippen molar-refractivity contribution in [2.45, 2.75) is 38.6 Å². The number of hydrogen-bond donors (Lipinski definition) is 1. The number of Topliss-reactive ketones (excluding diaryl/α,β-unsaturated/α-hetero) is 2. The van der Waals surface area contributed by atoms with E-state index in [1.54, 1.807) is 49.4 Å². The fourth-order valence-electron chi connectivity index (χ4n) is 5.03. The first-order valence-corrected chi connectivity index (χ1v) is 13.8. The molecular weight excluding hydrogens is 594 g/mol. The zero-order valence-corrected chi connectivity index (χ0v) is 23.6. The van der Waals surface area contributed by atoms with Crippen molar-refractivity contribution in [3.05, 3.63) is 133 Å². The van der Waals surface area contributed by atoms with Crippen molar-refractivity contribution in [1.29, 1.82) is 0 Å². The molecule has 0 saturated carbocycles. The molecule has 41 heavy (non-hydrogen) atoms. The van der Waals surface area contributed by atoms with Gasteiger partial charge in [0.2, 0.25) is 5.91 Å². The smallest absolute Gasteiger partial charge is 0.262 e. The normalized spacial score (nSPS) is 13.1. The molecule has 9 heteroatoms. The van der Waals surface area contributed by atoms with Gasteiger partial charge in [-0.3, -0.25) is 19.2 Å². The Morgan fingerprint density at radius 2 is 1.66 bits per heavy atom. The quantitative estimate of drug-likeness (QED) is 0.249. The lowest BCUT2D eigenvalue weighted by Crippen LogP contribution is -2.31. The number of amides is 1. The second-order valence-corrected chi connectivity index (χ2v) is 10.9. The summed E-state index contributed by atoms with van der Waals surface area (Å²) in [5.41, 5.74) is 3.04. The fourth-order valence-corrected chi connectivity index (χ4v) is 5.47. The van der Waals surface area contributed by atoms with Gasteiger partial charge in [0.1, 0.15) is 5.78 Å². The number of carbonyl (C=O) groups is 3. The van der Waals surface area contributed by atoms with Gasteiger partial charge in [-0.1, -0.05) is 42.5 Å². The number of fused-ring (bicyclic) bond motifs is 1. The van der Waals surface area contributed by atoms with Crippen LogP contribution >= 0.6 is 15.9 Å². The largest absolute Gasteiger partial charge is 0.326 e. The molecule has 3 aromatic carbocycles. The number of anilines is 1. The molecule has 1 aliphatic carbocycles. The van der Waals surface area contributed by atoms with E-state index in [0.717, 1.165) is 23.3 Å². The van der Waals surface area contributed by atoms with E-state index < -0.39 is 34.8 Å². The lowest BCUT2D eigenvalue weighted by Gasteiger charge is -2.18. The van der Waals surface area contributed by atoms with Crippen LogP contribution in [0.3, 0.4) is 0 Å². The Morgan fingerprint density at radius 3 is 2.39 bits per heavy atom. The van der Waals surface area contributed by atoms with Gasteiger partial charge in [0.25, 0.3) is 5.56 Å². The van der Waals surface area contributed by atoms with Crippen LogP contribution in [0.2, 0.25) is 0 Å². The zero-order chi connectivity index (χ0) is 29.3. The minimum absolute atomic E-state index is 0.0784. The van der Waals surface area contributed by atoms with Crippen molar-refractivity contribution in [2.75, 3.05) is 5.32 Å². The average molecular weight is 619 g/mol. The summed E-state index contributed by atoms with van der Waals surface area (Å²) in [6, 6.07) is 18.9. The number of carbonyl (C=O) groups excluding carboxylic acids is 3. The minimum atomic E-state index is -1.04. The molecule has 1 amide bonds. The predicted octanol–water partition coefficient (Wildman–Crippen LogP) is 5.91. The molecule has 0 saturated heterocycles. The summed E-state index contributed by atoms with van der Waals surface area (Å²) in [5, 5.41) is 2.87. The molecule has 0 unspecified atom stereocenters. The lowest BCUT2D eigenvalue weighted by atomic mass is 9.90. The highest BCUT2D eigenvalue weighted by Gasteiger charge is 2.27. The summed E-state index contributed by atoms with van der Waals surface area (Å²) in [6.45, 7) is 1.59. The van der Waals surface area contributed by atoms with Gasteiger partial charge >= 0.3 is 0 Å². The van der Waals surface area contributed by atoms with Crippen LogP contribution in [0, 0.1) is 18.6 Å². The molecule has 1 heterocycles. The van der Waals surface area contributed by atoms with Gasteiger partial charge in [0.15, 0.2) is 17.4 Å². The van der Waals surface area contributed by atoms with Gasteiger partial charge in [-0.05, 0) is 75.4 Å². The third kappa shape index (κ3) is 6.10. The minimum Gasteiger partial charge on any atom is -0.326 e. The Balaban J connectivity index is 1.44. The zero-order valence-electron chi connectivity index (χ0n) is 22.0. The Labute approximate surface area is 243 Å². The maximum atomic E-state index is 13.8. The summed E-state index contributed by atoms with van der Waals surface area (Å²) < 4.78 is 29.0. The number of ketones is 2. The van der Waals surface area contributed by atoms with Crippen LogP contribution in [0.25, 0.3) is 0 Å². The first-order chi connectivity index (χ1) is 19.6. The van der Waals surface area contributed by atoms with Crippen molar-refractivity contribution >= 4 is 39.1 Å². The van der Waals surface area contributed by atoms with Gasteiger partial charge in [-0.2, -0.15) is 0 Å². The Kier molecular flexibility index (Phi) is 8.08. The topological polar surface area (TPSA) is 85.2 Å². The van der Waals surface area contributed by atoms with Crippen molar-refractivity contribution in [1.82, 2.24) is 4.57 Å². The molecule has 6 nitrogen and oxygen atoms in total. The number of aromatic nitrogens is 1. The van der Waals surface area contributed by atoms with E-state index in [1.165, 1.54) is 16.7 Å². The molecule has 0 fully saturated rings. The maximum absolute atomic E-state index is 13.8. The van der Waals surface area contributed by atoms with E-state index in [-0.39, 0.29) is 24.3 Å². The standard InChI is InChI=1S/C32H25BrF2N2O4/c1-18-27(33)15-26(32(41)37(18)17-19-7-10-28(34)29(35)11-19)30(39)16-25(20-5-3-2-4-6-20)31(40)36-23-9-8-21-13-24(38)14-22(21)12-23/h2-12,15,25H,13-14,16-17H2,1H3,(H,36,40)/t25-/m1/s1. The SMILES string of the molecule is Cc1c(Br)cc(C(=O)C[C@@H](C(=O)Nc2ccc3c(c2)CC(=O)C3)c2ccccc2)c(=O)n1Cc1ccc(F)c(F)c1. The van der Waals surface area contributed by atoms with Crippen molar-refractivity contribution in [2.24, 2.45) is 0 Å². The van der Waals surface area contributed by atoms with Crippen LogP contribution in [0.5, 0.6) is 0 Å². The van der Waals surface area contributed by atoms with E-state index >= 15 is 0 Å². The molecule has 1 aliphatic rings. The molecular formula is C32H25BrF2N2O4. The molecule has 1 aromatic heterocycles. The number of pyridine rings is 1. The second-order valence-electron chi connectivity index (χ2n) is 10.1. The first kappa shape index (κ1) is 28.3. The first-order valence-electron chi connectivity index (χ1n) is 13.0. The summed E-state index contributed by atoms with van der Waals surface area (Å²) in [4.78, 5) is 52.4. The van der Waals surface area contributed by atoms with Gasteiger partial charge in [-0.25, -0.2) is 8.78 Å². The maximum Gasteiger partial charge on any atom is 0.262 e. The number of rotatable bonds is 8. The number of halogens is 3. The highest BCUT2D eigenvalue weighted by atomic mass is 79.9. The number of hydrogen-bond acceptors (Lipinski definition) is 4. The van der Waals surface area contributed by atoms with Crippen LogP contribution in [0.15, 0.2) is 82.1 Å². The molecule has 0 spiro atoms. The van der Waals surface area contributed by atoms with Gasteiger partial charge in [0.05, 0.1) is 18.0 Å². The van der Waals surface area contributed by atoms with Crippen LogP contribution in [-0.2, 0) is 29.0 Å². The molecule has 0 radical (unpaired) electrons. The summed E-state index contributed by atoms with van der Waals surface area (Å²) in [5.74, 6) is -3.79. The Bertz CT molecular complexity index is 1750. The molecule has 208 valence electrons. The van der Waals surface area contributed by atoms with E-state index in [4.69, 9.17) is 0 Å². The lowest BCUT2D eigenvalue weighted by molar-refractivity contribution is -0.118. The second kappa shape index (κ2) is 11.7. The average Bonchev–Trinajstić information content (AvgIpc) is 3.33. The Hall–Kier alpha value is -4.24. The van der Waals surface area contributed by atoms with Crippen LogP contribution in [0.4, 0.5) is 14.5 Å². The molecule has 1 atom stereocenters. The van der Waals surface area contributed by atoms with Gasteiger partial charge < -0.3 is 9.88 Å². The monoisotopic (exact) mass is 618 g/mol. The van der Waals surface area contributed by atoms with E-state index in [9.17, 15) is 28.0 Å². The molecule has 5 rings (SSSR count). The number of benzene rings is 3. The van der Waals surface area contributed by atoms with Gasteiger partial charge in [0, 0.05) is 35.1 Å². The summed E-state index contributed by atoms with van der Waals surface area (Å²) in [6.07, 6.45) is 0.415. The molecule has 0 bridgehead atoms. The van der Waals surface area contributed by atoms with Crippen LogP contribution in [-0.4, -0.2) is 22.0 Å². The molecule has 1 N–H and O–H groups in total. The predicted molar refractivity (Wildman–Crippen MR) is 154 cm³/mol. The van der Waals surface area contributed by atoms with Crippen LogP contribution in [0.1, 0.15) is 50.6 Å². The van der Waals surface area contributed by atoms with E-state index in [2.05, 4.69) is 21.2 Å². The molecule has 4 aromatic rings. The third-order valence-corrected chi connectivity index (χ3v) is 8.08. The van der Waals surface area contributed by atoms with E-state index in [0.29, 0.717) is 39.8 Å². The van der Waals surface area contributed by atoms with E-state index in [1.807, 2.05) is 6.07 Å².